The fourth-order valence-corrected chi connectivity index (χ4v) is 3.10. The van der Waals surface area contributed by atoms with Gasteiger partial charge in [0.25, 0.3) is 0 Å². The predicted molar refractivity (Wildman–Crippen MR) is 120 cm³/mol. The van der Waals surface area contributed by atoms with Crippen LogP contribution in [-0.2, 0) is 13.1 Å². The van der Waals surface area contributed by atoms with Crippen molar-refractivity contribution in [2.75, 3.05) is 40.5 Å². The molecule has 0 aromatic heterocycles. The number of aliphatic hydroxyl groups is 2. The summed E-state index contributed by atoms with van der Waals surface area (Å²) in [7, 11) is 3.59. The van der Waals surface area contributed by atoms with Crippen LogP contribution in [0.25, 0.3) is 0 Å². The molecule has 166 valence electrons. The molecule has 3 N–H and O–H groups in total. The summed E-state index contributed by atoms with van der Waals surface area (Å²) in [5, 5.41) is 23.1. The third-order valence-electron chi connectivity index (χ3n) is 4.84. The Bertz CT molecular complexity index is 752. The highest BCUT2D eigenvalue weighted by Gasteiger charge is 2.16. The maximum atomic E-state index is 10.4. The first-order chi connectivity index (χ1) is 14.3. The Morgan fingerprint density at radius 3 is 2.47 bits per heavy atom. The maximum Gasteiger partial charge on any atom is 0.161 e. The molecule has 0 saturated carbocycles. The zero-order valence-electron chi connectivity index (χ0n) is 18.6. The Morgan fingerprint density at radius 2 is 1.80 bits per heavy atom. The molecule has 0 saturated heterocycles. The van der Waals surface area contributed by atoms with Crippen molar-refractivity contribution < 1.29 is 19.7 Å². The van der Waals surface area contributed by atoms with E-state index >= 15 is 0 Å². The molecular weight excluding hydrogens is 380 g/mol. The van der Waals surface area contributed by atoms with E-state index < -0.39 is 6.10 Å². The second-order valence-corrected chi connectivity index (χ2v) is 8.56. The Labute approximate surface area is 180 Å². The van der Waals surface area contributed by atoms with Crippen LogP contribution in [0.1, 0.15) is 25.0 Å². The molecule has 0 heterocycles. The minimum Gasteiger partial charge on any atom is -0.493 e. The van der Waals surface area contributed by atoms with Crippen LogP contribution in [-0.4, -0.2) is 61.7 Å². The van der Waals surface area contributed by atoms with Crippen molar-refractivity contribution in [1.29, 1.82) is 0 Å². The molecule has 0 unspecified atom stereocenters. The van der Waals surface area contributed by atoms with Gasteiger partial charge < -0.3 is 25.0 Å². The molecule has 6 nitrogen and oxygen atoms in total. The van der Waals surface area contributed by atoms with E-state index in [4.69, 9.17) is 9.47 Å². The smallest absolute Gasteiger partial charge is 0.161 e. The van der Waals surface area contributed by atoms with Crippen LogP contribution in [0.15, 0.2) is 48.5 Å². The molecule has 2 aromatic carbocycles. The van der Waals surface area contributed by atoms with Crippen LogP contribution >= 0.6 is 0 Å². The molecule has 2 rings (SSSR count). The Kier molecular flexibility index (Phi) is 9.59. The van der Waals surface area contributed by atoms with Crippen LogP contribution in [0, 0.1) is 5.41 Å². The highest BCUT2D eigenvalue weighted by molar-refractivity contribution is 5.43. The molecule has 1 atom stereocenters. The third-order valence-corrected chi connectivity index (χ3v) is 4.84. The number of hydrogen-bond donors (Lipinski definition) is 3. The summed E-state index contributed by atoms with van der Waals surface area (Å²) in [5.41, 5.74) is 2.09. The molecule has 0 bridgehead atoms. The Hall–Kier alpha value is -2.12. The average Bonchev–Trinajstić information content (AvgIpc) is 2.73. The number of benzene rings is 2. The molecule has 0 fully saturated rings. The summed E-state index contributed by atoms with van der Waals surface area (Å²) in [5.74, 6) is 1.25. The van der Waals surface area contributed by atoms with Crippen molar-refractivity contribution in [3.05, 3.63) is 59.7 Å². The van der Waals surface area contributed by atoms with Crippen LogP contribution < -0.4 is 14.8 Å². The van der Waals surface area contributed by atoms with Crippen molar-refractivity contribution >= 4 is 0 Å². The van der Waals surface area contributed by atoms with Crippen molar-refractivity contribution in [2.45, 2.75) is 33.0 Å². The molecule has 2 aromatic rings. The summed E-state index contributed by atoms with van der Waals surface area (Å²) < 4.78 is 11.3. The van der Waals surface area contributed by atoms with Crippen molar-refractivity contribution in [1.82, 2.24) is 10.2 Å². The number of methoxy groups -OCH3 is 1. The van der Waals surface area contributed by atoms with Gasteiger partial charge in [-0.2, -0.15) is 0 Å². The van der Waals surface area contributed by atoms with Crippen LogP contribution in [0.5, 0.6) is 11.5 Å². The van der Waals surface area contributed by atoms with Gasteiger partial charge in [0, 0.05) is 38.2 Å². The van der Waals surface area contributed by atoms with Gasteiger partial charge in [-0.15, -0.1) is 0 Å². The van der Waals surface area contributed by atoms with Crippen molar-refractivity contribution in [3.63, 3.8) is 0 Å². The lowest BCUT2D eigenvalue weighted by molar-refractivity contribution is 0.0732. The first-order valence-corrected chi connectivity index (χ1v) is 10.3. The molecule has 6 heteroatoms. The number of nitrogens with zero attached hydrogens (tertiary/aromatic N) is 1. The summed E-state index contributed by atoms with van der Waals surface area (Å²) in [6.45, 7) is 6.99. The van der Waals surface area contributed by atoms with E-state index in [-0.39, 0.29) is 18.6 Å². The van der Waals surface area contributed by atoms with E-state index in [9.17, 15) is 10.2 Å². The molecule has 0 radical (unpaired) electrons. The summed E-state index contributed by atoms with van der Waals surface area (Å²) in [6, 6.07) is 16.0. The highest BCUT2D eigenvalue weighted by Crippen LogP contribution is 2.28. The standard InChI is InChI=1S/C24H36N2O4/c1-24(2,18-27)17-25-13-20-10-11-22(29-4)23(12-20)30-16-21(28)15-26(3)14-19-8-6-5-7-9-19/h5-12,21,25,27-28H,13-18H2,1-4H3/t21-/m1/s1. The number of hydrogen-bond acceptors (Lipinski definition) is 6. The molecule has 0 aliphatic rings. The second kappa shape index (κ2) is 11.9. The lowest BCUT2D eigenvalue weighted by Gasteiger charge is -2.22. The van der Waals surface area contributed by atoms with Gasteiger partial charge in [-0.3, -0.25) is 4.90 Å². The zero-order valence-corrected chi connectivity index (χ0v) is 18.6. The maximum absolute atomic E-state index is 10.4. The van der Waals surface area contributed by atoms with E-state index in [0.29, 0.717) is 31.1 Å². The molecule has 0 amide bonds. The zero-order chi connectivity index (χ0) is 22.0. The Balaban J connectivity index is 1.86. The minimum atomic E-state index is -0.615. The minimum absolute atomic E-state index is 0.133. The van der Waals surface area contributed by atoms with Crippen molar-refractivity contribution in [3.8, 4) is 11.5 Å². The molecule has 30 heavy (non-hydrogen) atoms. The quantitative estimate of drug-likeness (QED) is 0.466. The first kappa shape index (κ1) is 24.2. The van der Waals surface area contributed by atoms with Gasteiger partial charge >= 0.3 is 0 Å². The lowest BCUT2D eigenvalue weighted by atomic mass is 9.95. The predicted octanol–water partition coefficient (Wildman–Crippen LogP) is 2.67. The summed E-state index contributed by atoms with van der Waals surface area (Å²) in [6.07, 6.45) is -0.615. The third kappa shape index (κ3) is 8.32. The second-order valence-electron chi connectivity index (χ2n) is 8.56. The van der Waals surface area contributed by atoms with Gasteiger partial charge in [0.1, 0.15) is 12.7 Å². The summed E-state index contributed by atoms with van der Waals surface area (Å²) in [4.78, 5) is 2.07. The number of nitrogens with one attached hydrogen (secondary N) is 1. The van der Waals surface area contributed by atoms with E-state index in [2.05, 4.69) is 22.3 Å². The SMILES string of the molecule is COc1ccc(CNCC(C)(C)CO)cc1OC[C@H](O)CN(C)Cc1ccccc1. The van der Waals surface area contributed by atoms with E-state index in [1.165, 1.54) is 5.56 Å². The fraction of sp³-hybridized carbons (Fsp3) is 0.500. The average molecular weight is 417 g/mol. The van der Waals surface area contributed by atoms with E-state index in [0.717, 1.165) is 12.1 Å². The fourth-order valence-electron chi connectivity index (χ4n) is 3.10. The van der Waals surface area contributed by atoms with Gasteiger partial charge in [0.05, 0.1) is 7.11 Å². The van der Waals surface area contributed by atoms with Crippen LogP contribution in [0.4, 0.5) is 0 Å². The Morgan fingerprint density at radius 1 is 1.07 bits per heavy atom. The van der Waals surface area contributed by atoms with Crippen molar-refractivity contribution in [2.24, 2.45) is 5.41 Å². The highest BCUT2D eigenvalue weighted by atomic mass is 16.5. The summed E-state index contributed by atoms with van der Waals surface area (Å²) >= 11 is 0. The first-order valence-electron chi connectivity index (χ1n) is 10.3. The largest absolute Gasteiger partial charge is 0.493 e. The van der Waals surface area contributed by atoms with Crippen LogP contribution in [0.3, 0.4) is 0 Å². The molecule has 0 aliphatic heterocycles. The van der Waals surface area contributed by atoms with Gasteiger partial charge in [0.2, 0.25) is 0 Å². The van der Waals surface area contributed by atoms with E-state index in [1.54, 1.807) is 7.11 Å². The molecular formula is C24H36N2O4. The van der Waals surface area contributed by atoms with Gasteiger partial charge in [-0.25, -0.2) is 0 Å². The van der Waals surface area contributed by atoms with Gasteiger partial charge in [-0.1, -0.05) is 50.2 Å². The number of likely N-dealkylation sites (N-methyl/N-ethyl adjacent to an activating group) is 1. The van der Waals surface area contributed by atoms with Gasteiger partial charge in [0.15, 0.2) is 11.5 Å². The number of aliphatic hydroxyl groups excluding tert-OH is 2. The number of ether oxygens (including phenoxy) is 2. The monoisotopic (exact) mass is 416 g/mol. The molecule has 0 spiro atoms. The van der Waals surface area contributed by atoms with E-state index in [1.807, 2.05) is 57.3 Å². The molecule has 0 aliphatic carbocycles. The number of rotatable bonds is 13. The normalized spacial score (nSPS) is 12.8. The van der Waals surface area contributed by atoms with Crippen LogP contribution in [0.2, 0.25) is 0 Å². The lowest BCUT2D eigenvalue weighted by Crippen LogP contribution is -2.33. The van der Waals surface area contributed by atoms with Gasteiger partial charge in [-0.05, 0) is 30.3 Å². The topological polar surface area (TPSA) is 74.2 Å².